The predicted octanol–water partition coefficient (Wildman–Crippen LogP) is 7.58. The average Bonchev–Trinajstić information content (AvgIpc) is 4.02. The Hall–Kier alpha value is -5.12. The van der Waals surface area contributed by atoms with Crippen LogP contribution in [-0.2, 0) is 13.1 Å². The van der Waals surface area contributed by atoms with Gasteiger partial charge >= 0.3 is 0 Å². The van der Waals surface area contributed by atoms with E-state index in [-0.39, 0.29) is 12.1 Å². The molecule has 2 aliphatic heterocycles. The lowest BCUT2D eigenvalue weighted by Crippen LogP contribution is -2.33. The van der Waals surface area contributed by atoms with Gasteiger partial charge in [0, 0.05) is 34.3 Å². The molecule has 2 aromatic carbocycles. The Morgan fingerprint density at radius 1 is 0.680 bits per heavy atom. The largest absolute Gasteiger partial charge is 0.334 e. The van der Waals surface area contributed by atoms with Crippen LogP contribution in [0.5, 0.6) is 0 Å². The molecule has 6 heterocycles. The van der Waals surface area contributed by atoms with Crippen molar-refractivity contribution in [1.82, 2.24) is 40.0 Å². The minimum absolute atomic E-state index is 0.147. The number of piperidine rings is 2. The Kier molecular flexibility index (Phi) is 10.7. The van der Waals surface area contributed by atoms with Crippen molar-refractivity contribution in [2.75, 3.05) is 13.1 Å². The van der Waals surface area contributed by atoms with Crippen LogP contribution in [0.1, 0.15) is 83.4 Å². The summed E-state index contributed by atoms with van der Waals surface area (Å²) in [5.74, 6) is 2.36. The number of benzene rings is 2. The summed E-state index contributed by atoms with van der Waals surface area (Å²) in [5.41, 5.74) is 2.72. The first kappa shape index (κ1) is 33.4. The van der Waals surface area contributed by atoms with Crippen molar-refractivity contribution in [2.24, 2.45) is 0 Å². The minimum Gasteiger partial charge on any atom is -0.334 e. The molecule has 0 aliphatic carbocycles. The quantitative estimate of drug-likeness (QED) is 0.153. The van der Waals surface area contributed by atoms with Gasteiger partial charge in [-0.25, -0.2) is 9.97 Å². The van der Waals surface area contributed by atoms with E-state index in [9.17, 15) is 0 Å². The highest BCUT2D eigenvalue weighted by Gasteiger charge is 2.30. The molecule has 6 aromatic rings. The normalized spacial score (nSPS) is 18.1. The van der Waals surface area contributed by atoms with Gasteiger partial charge in [-0.1, -0.05) is 35.3 Å². The average molecular weight is 703 g/mol. The number of aromatic nitrogens is 6. The Balaban J connectivity index is 0.000000157. The Labute approximate surface area is 297 Å². The molecule has 50 heavy (non-hydrogen) atoms. The van der Waals surface area contributed by atoms with Gasteiger partial charge in [0.1, 0.15) is 10.0 Å². The molecule has 0 bridgehead atoms. The van der Waals surface area contributed by atoms with Gasteiger partial charge < -0.3 is 9.05 Å². The third-order valence-electron chi connectivity index (χ3n) is 8.83. The fourth-order valence-corrected chi connectivity index (χ4v) is 7.66. The van der Waals surface area contributed by atoms with Crippen LogP contribution in [0.3, 0.4) is 0 Å². The van der Waals surface area contributed by atoms with Crippen molar-refractivity contribution in [3.63, 3.8) is 0 Å². The highest BCUT2D eigenvalue weighted by molar-refractivity contribution is 7.09. The van der Waals surface area contributed by atoms with E-state index >= 15 is 0 Å². The maximum atomic E-state index is 9.05. The lowest BCUT2D eigenvalue weighted by Gasteiger charge is -2.32. The Morgan fingerprint density at radius 3 is 1.58 bits per heavy atom. The molecule has 0 N–H and O–H groups in total. The molecule has 12 nitrogen and oxygen atoms in total. The summed E-state index contributed by atoms with van der Waals surface area (Å²) in [5, 5.41) is 32.8. The number of nitrogens with zero attached hydrogens (tertiary/aromatic N) is 10. The van der Waals surface area contributed by atoms with Crippen LogP contribution >= 0.6 is 22.7 Å². The van der Waals surface area contributed by atoms with Crippen LogP contribution in [0.4, 0.5) is 0 Å². The molecule has 252 valence electrons. The van der Waals surface area contributed by atoms with Gasteiger partial charge in [-0.3, -0.25) is 9.80 Å². The Bertz CT molecular complexity index is 1910. The summed E-state index contributed by atoms with van der Waals surface area (Å²) in [7, 11) is 0. The first-order valence-corrected chi connectivity index (χ1v) is 18.4. The van der Waals surface area contributed by atoms with E-state index in [0.717, 1.165) is 73.0 Å². The highest BCUT2D eigenvalue weighted by Crippen LogP contribution is 2.33. The maximum absolute atomic E-state index is 9.05. The topological polar surface area (TPSA) is 158 Å². The highest BCUT2D eigenvalue weighted by atomic mass is 32.1. The summed E-state index contributed by atoms with van der Waals surface area (Å²) >= 11 is 3.34. The summed E-state index contributed by atoms with van der Waals surface area (Å²) in [6.45, 7) is 3.66. The summed E-state index contributed by atoms with van der Waals surface area (Å²) in [6.07, 6.45) is 10.4. The molecular formula is C36H34N10O2S2. The van der Waals surface area contributed by atoms with Crippen molar-refractivity contribution < 1.29 is 9.05 Å². The molecule has 0 spiro atoms. The monoisotopic (exact) mass is 702 g/mol. The van der Waals surface area contributed by atoms with Gasteiger partial charge in [-0.15, -0.1) is 22.7 Å². The van der Waals surface area contributed by atoms with Crippen LogP contribution in [0, 0.1) is 22.7 Å². The molecule has 8 rings (SSSR count). The first-order valence-electron chi connectivity index (χ1n) is 16.6. The van der Waals surface area contributed by atoms with E-state index in [1.54, 1.807) is 46.9 Å². The van der Waals surface area contributed by atoms with E-state index in [4.69, 9.17) is 19.6 Å². The van der Waals surface area contributed by atoms with Gasteiger partial charge in [-0.2, -0.15) is 20.5 Å². The number of hydrogen-bond acceptors (Lipinski definition) is 14. The maximum Gasteiger partial charge on any atom is 0.258 e. The van der Waals surface area contributed by atoms with Gasteiger partial charge in [0.25, 0.3) is 11.8 Å². The number of rotatable bonds is 8. The van der Waals surface area contributed by atoms with Gasteiger partial charge in [0.15, 0.2) is 11.6 Å². The van der Waals surface area contributed by atoms with E-state index in [1.165, 1.54) is 12.8 Å². The van der Waals surface area contributed by atoms with Gasteiger partial charge in [-0.05, 0) is 75.2 Å². The second-order valence-electron chi connectivity index (χ2n) is 12.1. The zero-order valence-electron chi connectivity index (χ0n) is 27.3. The standard InChI is InChI=1S/2C18H17N5OS/c2*19-11-13-4-3-5-14(10-13)18-21-17(22-24-18)15-6-1-2-8-23(15)12-16-20-7-9-25-16/h2*3-5,7,9-10,15H,1-2,6,8,12H2. The second kappa shape index (κ2) is 16.1. The lowest BCUT2D eigenvalue weighted by atomic mass is 10.0. The van der Waals surface area contributed by atoms with E-state index in [0.29, 0.717) is 34.6 Å². The van der Waals surface area contributed by atoms with Crippen molar-refractivity contribution in [2.45, 2.75) is 63.7 Å². The molecule has 4 aromatic heterocycles. The number of hydrogen-bond donors (Lipinski definition) is 0. The van der Waals surface area contributed by atoms with E-state index in [2.05, 4.69) is 52.2 Å². The molecular weight excluding hydrogens is 669 g/mol. The van der Waals surface area contributed by atoms with Crippen molar-refractivity contribution >= 4 is 22.7 Å². The number of nitriles is 2. The summed E-state index contributed by atoms with van der Waals surface area (Å²) in [4.78, 5) is 22.8. The van der Waals surface area contributed by atoms with E-state index in [1.807, 2.05) is 47.4 Å². The van der Waals surface area contributed by atoms with Crippen LogP contribution in [-0.4, -0.2) is 53.1 Å². The van der Waals surface area contributed by atoms with Crippen LogP contribution in [0.25, 0.3) is 22.9 Å². The number of likely N-dealkylation sites (tertiary alicyclic amines) is 2. The van der Waals surface area contributed by atoms with Crippen LogP contribution < -0.4 is 0 Å². The third kappa shape index (κ3) is 8.01. The van der Waals surface area contributed by atoms with Crippen LogP contribution in [0.15, 0.2) is 80.7 Å². The Morgan fingerprint density at radius 2 is 1.16 bits per heavy atom. The van der Waals surface area contributed by atoms with Crippen molar-refractivity contribution in [3.8, 4) is 35.0 Å². The first-order chi connectivity index (χ1) is 24.7. The SMILES string of the molecule is N#Cc1cccc(-c2nc(C3CCCCN3Cc3nccs3)no2)c1.N#Cc1cccc(-c2nc(C3CCCCN3Cc3nccs3)no2)c1. The molecule has 0 amide bonds. The summed E-state index contributed by atoms with van der Waals surface area (Å²) < 4.78 is 11.0. The number of thiazole rings is 2. The zero-order valence-corrected chi connectivity index (χ0v) is 28.9. The van der Waals surface area contributed by atoms with Crippen molar-refractivity contribution in [1.29, 1.82) is 10.5 Å². The second-order valence-corrected chi connectivity index (χ2v) is 14.1. The van der Waals surface area contributed by atoms with Crippen molar-refractivity contribution in [3.05, 3.63) is 104 Å². The predicted molar refractivity (Wildman–Crippen MR) is 187 cm³/mol. The molecule has 2 saturated heterocycles. The fraction of sp³-hybridized carbons (Fsp3) is 0.333. The smallest absolute Gasteiger partial charge is 0.258 e. The zero-order chi connectivity index (χ0) is 34.1. The lowest BCUT2D eigenvalue weighted by molar-refractivity contribution is 0.131. The molecule has 2 fully saturated rings. The summed E-state index contributed by atoms with van der Waals surface area (Å²) in [6, 6.07) is 19.0. The fourth-order valence-electron chi connectivity index (χ4n) is 6.37. The molecule has 0 saturated carbocycles. The molecule has 2 unspecified atom stereocenters. The van der Waals surface area contributed by atoms with Gasteiger partial charge in [0.2, 0.25) is 0 Å². The van der Waals surface area contributed by atoms with Gasteiger partial charge in [0.05, 0.1) is 48.4 Å². The molecule has 2 aliphatic rings. The molecule has 0 radical (unpaired) electrons. The molecule has 14 heteroatoms. The third-order valence-corrected chi connectivity index (χ3v) is 10.4. The molecule has 2 atom stereocenters. The minimum atomic E-state index is 0.147. The van der Waals surface area contributed by atoms with Crippen LogP contribution in [0.2, 0.25) is 0 Å². The van der Waals surface area contributed by atoms with E-state index < -0.39 is 0 Å².